The Hall–Kier alpha value is -2.72. The highest BCUT2D eigenvalue weighted by Gasteiger charge is 2.48. The van der Waals surface area contributed by atoms with E-state index in [1.54, 1.807) is 6.07 Å². The molecule has 2 N–H and O–H groups in total. The van der Waals surface area contributed by atoms with E-state index in [2.05, 4.69) is 20.1 Å². The smallest absolute Gasteiger partial charge is 0.296 e. The third-order valence-electron chi connectivity index (χ3n) is 5.57. The summed E-state index contributed by atoms with van der Waals surface area (Å²) in [5, 5.41) is 15.2. The zero-order chi connectivity index (χ0) is 20.4. The van der Waals surface area contributed by atoms with Crippen LogP contribution in [0.15, 0.2) is 28.8 Å². The number of nitrogens with zero attached hydrogens (tertiary/aromatic N) is 3. The van der Waals surface area contributed by atoms with Gasteiger partial charge in [0.15, 0.2) is 17.3 Å². The molecule has 0 unspecified atom stereocenters. The quantitative estimate of drug-likeness (QED) is 0.511. The summed E-state index contributed by atoms with van der Waals surface area (Å²) < 4.78 is 22.4. The van der Waals surface area contributed by atoms with E-state index in [0.717, 1.165) is 16.6 Å². The third-order valence-corrected chi connectivity index (χ3v) is 5.86. The first-order chi connectivity index (χ1) is 14.6. The van der Waals surface area contributed by atoms with Crippen molar-refractivity contribution < 1.29 is 23.8 Å². The van der Waals surface area contributed by atoms with Crippen molar-refractivity contribution in [1.82, 2.24) is 20.1 Å². The fourth-order valence-electron chi connectivity index (χ4n) is 4.05. The summed E-state index contributed by atoms with van der Waals surface area (Å²) in [7, 11) is 0. The number of pyridine rings is 1. The normalized spacial score (nSPS) is 26.0. The lowest BCUT2D eigenvalue weighted by Gasteiger charge is -2.15. The van der Waals surface area contributed by atoms with Crippen LogP contribution in [0.4, 0.5) is 0 Å². The van der Waals surface area contributed by atoms with E-state index in [4.69, 9.17) is 30.3 Å². The SMILES string of the molecule is Cc1noc2ccc(-c3nc4nc(O[C@@H]5CO[C@H]6[C@@H]5OC[C@H]6O)[nH]c4cc3Cl)cc12. The molecule has 1 aromatic carbocycles. The number of aryl methyl sites for hydroxylation is 1. The van der Waals surface area contributed by atoms with Crippen molar-refractivity contribution in [3.05, 3.63) is 35.0 Å². The molecule has 2 aliphatic heterocycles. The van der Waals surface area contributed by atoms with Crippen LogP contribution in [0.5, 0.6) is 6.01 Å². The van der Waals surface area contributed by atoms with Crippen LogP contribution in [-0.2, 0) is 9.47 Å². The van der Waals surface area contributed by atoms with Gasteiger partial charge in [-0.25, -0.2) is 4.98 Å². The summed E-state index contributed by atoms with van der Waals surface area (Å²) in [5.74, 6) is 0. The molecule has 0 bridgehead atoms. The fourth-order valence-corrected chi connectivity index (χ4v) is 4.31. The highest BCUT2D eigenvalue weighted by molar-refractivity contribution is 6.33. The molecule has 0 saturated carbocycles. The monoisotopic (exact) mass is 428 g/mol. The van der Waals surface area contributed by atoms with E-state index in [1.165, 1.54) is 0 Å². The summed E-state index contributed by atoms with van der Waals surface area (Å²) in [6.45, 7) is 2.45. The predicted molar refractivity (Wildman–Crippen MR) is 107 cm³/mol. The van der Waals surface area contributed by atoms with Crippen molar-refractivity contribution in [3.63, 3.8) is 0 Å². The summed E-state index contributed by atoms with van der Waals surface area (Å²) in [6.07, 6.45) is -1.68. The number of nitrogens with one attached hydrogen (secondary N) is 1. The molecule has 0 spiro atoms. The largest absolute Gasteiger partial charge is 0.456 e. The average Bonchev–Trinajstić information content (AvgIpc) is 3.48. The standard InChI is InChI=1S/C20H17ClN4O5/c1-8-10-4-9(2-3-14(10)30-25-8)16-11(21)5-12-19(23-16)24-20(22-12)29-15-7-28-17-13(26)6-27-18(15)17/h2-5,13,15,17-18,26H,6-7H2,1H3,(H,22,23,24)/t13-,15-,17-,18-/m1/s1. The van der Waals surface area contributed by atoms with Gasteiger partial charge in [0.05, 0.1) is 35.1 Å². The van der Waals surface area contributed by atoms with E-state index in [-0.39, 0.29) is 24.9 Å². The van der Waals surface area contributed by atoms with Gasteiger partial charge in [-0.05, 0) is 31.2 Å². The van der Waals surface area contributed by atoms with Crippen LogP contribution < -0.4 is 4.74 Å². The van der Waals surface area contributed by atoms with E-state index in [0.29, 0.717) is 40.1 Å². The highest BCUT2D eigenvalue weighted by Crippen LogP contribution is 2.33. The number of rotatable bonds is 3. The van der Waals surface area contributed by atoms with Crippen molar-refractivity contribution in [2.24, 2.45) is 0 Å². The second kappa shape index (κ2) is 6.64. The first kappa shape index (κ1) is 18.1. The second-order valence-corrected chi connectivity index (χ2v) is 7.94. The molecule has 4 atom stereocenters. The Morgan fingerprint density at radius 2 is 2.03 bits per heavy atom. The number of ether oxygens (including phenoxy) is 3. The molecule has 5 heterocycles. The third kappa shape index (κ3) is 2.78. The Balaban J connectivity index is 1.33. The first-order valence-corrected chi connectivity index (χ1v) is 9.95. The predicted octanol–water partition coefficient (Wildman–Crippen LogP) is 2.63. The lowest BCUT2D eigenvalue weighted by atomic mass is 10.1. The summed E-state index contributed by atoms with van der Waals surface area (Å²) in [6, 6.07) is 7.75. The van der Waals surface area contributed by atoms with E-state index >= 15 is 0 Å². The number of halogens is 1. The van der Waals surface area contributed by atoms with Gasteiger partial charge >= 0.3 is 0 Å². The van der Waals surface area contributed by atoms with Gasteiger partial charge in [-0.1, -0.05) is 16.8 Å². The number of aliphatic hydroxyl groups excluding tert-OH is 1. The molecule has 154 valence electrons. The molecule has 6 rings (SSSR count). The number of H-pyrrole nitrogens is 1. The van der Waals surface area contributed by atoms with Crippen LogP contribution in [0.3, 0.4) is 0 Å². The zero-order valence-corrected chi connectivity index (χ0v) is 16.6. The number of aromatic amines is 1. The minimum absolute atomic E-state index is 0.242. The highest BCUT2D eigenvalue weighted by atomic mass is 35.5. The molecular formula is C20H17ClN4O5. The maximum absolute atomic E-state index is 9.87. The van der Waals surface area contributed by atoms with E-state index in [1.807, 2.05) is 25.1 Å². The number of aromatic nitrogens is 4. The maximum Gasteiger partial charge on any atom is 0.296 e. The molecule has 0 amide bonds. The van der Waals surface area contributed by atoms with Crippen LogP contribution >= 0.6 is 11.6 Å². The molecule has 9 nitrogen and oxygen atoms in total. The molecule has 2 saturated heterocycles. The van der Waals surface area contributed by atoms with E-state index < -0.39 is 6.10 Å². The van der Waals surface area contributed by atoms with Crippen molar-refractivity contribution >= 4 is 33.7 Å². The number of hydrogen-bond acceptors (Lipinski definition) is 8. The number of aliphatic hydroxyl groups is 1. The van der Waals surface area contributed by atoms with Crippen LogP contribution in [-0.4, -0.2) is 62.8 Å². The zero-order valence-electron chi connectivity index (χ0n) is 15.8. The Kier molecular flexibility index (Phi) is 4.00. The van der Waals surface area contributed by atoms with Gasteiger partial charge in [0.25, 0.3) is 6.01 Å². The summed E-state index contributed by atoms with van der Waals surface area (Å²) in [5.41, 5.74) is 4.09. The van der Waals surface area contributed by atoms with Crippen LogP contribution in [0.25, 0.3) is 33.4 Å². The maximum atomic E-state index is 9.87. The van der Waals surface area contributed by atoms with Gasteiger partial charge in [-0.15, -0.1) is 0 Å². The van der Waals surface area contributed by atoms with Gasteiger partial charge in [-0.2, -0.15) is 4.98 Å². The van der Waals surface area contributed by atoms with Crippen molar-refractivity contribution in [3.8, 4) is 17.3 Å². The Labute approximate surface area is 174 Å². The average molecular weight is 429 g/mol. The molecular weight excluding hydrogens is 412 g/mol. The van der Waals surface area contributed by atoms with Gasteiger partial charge in [0.2, 0.25) is 0 Å². The molecule has 3 aromatic heterocycles. The van der Waals surface area contributed by atoms with Crippen LogP contribution in [0, 0.1) is 6.92 Å². The van der Waals surface area contributed by atoms with Crippen molar-refractivity contribution in [2.45, 2.75) is 31.3 Å². The second-order valence-electron chi connectivity index (χ2n) is 7.53. The van der Waals surface area contributed by atoms with Gasteiger partial charge in [-0.3, -0.25) is 0 Å². The molecule has 4 aromatic rings. The number of hydrogen-bond donors (Lipinski definition) is 2. The molecule has 2 fully saturated rings. The molecule has 30 heavy (non-hydrogen) atoms. The van der Waals surface area contributed by atoms with Gasteiger partial charge in [0, 0.05) is 10.9 Å². The Bertz CT molecular complexity index is 1270. The number of imidazole rings is 1. The number of benzene rings is 1. The molecule has 0 aliphatic carbocycles. The van der Waals surface area contributed by atoms with Gasteiger partial charge < -0.3 is 28.8 Å². The fraction of sp³-hybridized carbons (Fsp3) is 0.350. The molecule has 10 heteroatoms. The first-order valence-electron chi connectivity index (χ1n) is 9.57. The van der Waals surface area contributed by atoms with Gasteiger partial charge in [0.1, 0.15) is 18.3 Å². The van der Waals surface area contributed by atoms with E-state index in [9.17, 15) is 5.11 Å². The lowest BCUT2D eigenvalue weighted by Crippen LogP contribution is -2.34. The molecule has 2 aliphatic rings. The molecule has 0 radical (unpaired) electrons. The van der Waals surface area contributed by atoms with Crippen molar-refractivity contribution in [1.29, 1.82) is 0 Å². The van der Waals surface area contributed by atoms with Crippen molar-refractivity contribution in [2.75, 3.05) is 13.2 Å². The minimum Gasteiger partial charge on any atom is -0.456 e. The minimum atomic E-state index is -0.631. The number of fused-ring (bicyclic) bond motifs is 3. The Morgan fingerprint density at radius 3 is 2.93 bits per heavy atom. The Morgan fingerprint density at radius 1 is 1.17 bits per heavy atom. The van der Waals surface area contributed by atoms with Crippen LogP contribution in [0.1, 0.15) is 5.69 Å². The summed E-state index contributed by atoms with van der Waals surface area (Å²) >= 11 is 6.51. The van der Waals surface area contributed by atoms with Crippen LogP contribution in [0.2, 0.25) is 5.02 Å². The lowest BCUT2D eigenvalue weighted by molar-refractivity contribution is 0.00706. The topological polar surface area (TPSA) is 116 Å². The summed E-state index contributed by atoms with van der Waals surface area (Å²) in [4.78, 5) is 12.2.